The molecule has 0 unspecified atom stereocenters. The number of hydrogen-bond donors (Lipinski definition) is 2. The summed E-state index contributed by atoms with van der Waals surface area (Å²) in [4.78, 5) is 26.5. The molecule has 2 amide bonds. The second-order valence-corrected chi connectivity index (χ2v) is 10.1. The van der Waals surface area contributed by atoms with E-state index in [2.05, 4.69) is 10.0 Å². The molecule has 8 heteroatoms. The Morgan fingerprint density at radius 1 is 1.10 bits per heavy atom. The highest BCUT2D eigenvalue weighted by molar-refractivity contribution is 7.89. The van der Waals surface area contributed by atoms with Crippen LogP contribution in [0.3, 0.4) is 0 Å². The fraction of sp³-hybridized carbons (Fsp3) is 0.391. The molecule has 1 heterocycles. The van der Waals surface area contributed by atoms with Crippen LogP contribution in [0.5, 0.6) is 0 Å². The van der Waals surface area contributed by atoms with Gasteiger partial charge in [0.2, 0.25) is 21.8 Å². The third-order valence-corrected chi connectivity index (χ3v) is 7.22. The second-order valence-electron chi connectivity index (χ2n) is 8.32. The average Bonchev–Trinajstić information content (AvgIpc) is 3.49. The van der Waals surface area contributed by atoms with Gasteiger partial charge in [-0.15, -0.1) is 0 Å². The minimum atomic E-state index is -3.74. The van der Waals surface area contributed by atoms with E-state index in [1.54, 1.807) is 17.0 Å². The molecule has 4 rings (SSSR count). The van der Waals surface area contributed by atoms with Crippen molar-refractivity contribution in [2.24, 2.45) is 5.92 Å². The molecule has 31 heavy (non-hydrogen) atoms. The predicted molar refractivity (Wildman–Crippen MR) is 120 cm³/mol. The highest BCUT2D eigenvalue weighted by Gasteiger charge is 2.36. The molecule has 0 saturated heterocycles. The molecule has 0 radical (unpaired) electrons. The molecule has 0 aromatic heterocycles. The minimum Gasteiger partial charge on any atom is -0.326 e. The van der Waals surface area contributed by atoms with E-state index in [1.165, 1.54) is 6.07 Å². The van der Waals surface area contributed by atoms with Crippen LogP contribution in [-0.2, 0) is 26.0 Å². The maximum absolute atomic E-state index is 12.7. The van der Waals surface area contributed by atoms with Gasteiger partial charge in [-0.25, -0.2) is 13.1 Å². The molecule has 2 aromatic carbocycles. The van der Waals surface area contributed by atoms with Gasteiger partial charge < -0.3 is 10.2 Å². The Balaban J connectivity index is 1.35. The normalized spacial score (nSPS) is 15.6. The van der Waals surface area contributed by atoms with E-state index in [0.29, 0.717) is 13.0 Å². The molecule has 2 aliphatic rings. The zero-order chi connectivity index (χ0) is 22.2. The maximum atomic E-state index is 12.7. The molecule has 7 nitrogen and oxygen atoms in total. The summed E-state index contributed by atoms with van der Waals surface area (Å²) in [5, 5.41) is 2.83. The van der Waals surface area contributed by atoms with Crippen molar-refractivity contribution in [2.45, 2.75) is 44.4 Å². The Morgan fingerprint density at radius 3 is 2.61 bits per heavy atom. The lowest BCUT2D eigenvalue weighted by atomic mass is 10.1. The molecule has 2 aromatic rings. The van der Waals surface area contributed by atoms with Crippen molar-refractivity contribution in [1.82, 2.24) is 4.72 Å². The molecule has 0 spiro atoms. The minimum absolute atomic E-state index is 0.00239. The molecule has 1 aliphatic carbocycles. The summed E-state index contributed by atoms with van der Waals surface area (Å²) in [6.07, 6.45) is 2.56. The van der Waals surface area contributed by atoms with Gasteiger partial charge in [0.15, 0.2) is 0 Å². The van der Waals surface area contributed by atoms with Crippen molar-refractivity contribution in [3.05, 3.63) is 53.1 Å². The van der Waals surface area contributed by atoms with Crippen molar-refractivity contribution in [3.8, 4) is 0 Å². The van der Waals surface area contributed by atoms with Crippen LogP contribution in [0.1, 0.15) is 36.0 Å². The topological polar surface area (TPSA) is 95.6 Å². The zero-order valence-electron chi connectivity index (χ0n) is 17.8. The number of carbonyl (C=O) groups excluding carboxylic acids is 2. The monoisotopic (exact) mass is 441 g/mol. The lowest BCUT2D eigenvalue weighted by molar-refractivity contribution is -0.119. The summed E-state index contributed by atoms with van der Waals surface area (Å²) < 4.78 is 27.9. The molecule has 1 saturated carbocycles. The average molecular weight is 442 g/mol. The first-order valence-corrected chi connectivity index (χ1v) is 12.0. The maximum Gasteiger partial charge on any atom is 0.240 e. The van der Waals surface area contributed by atoms with E-state index in [1.807, 2.05) is 32.0 Å². The van der Waals surface area contributed by atoms with E-state index in [4.69, 9.17) is 0 Å². The molecule has 0 bridgehead atoms. The number of sulfonamides is 1. The summed E-state index contributed by atoms with van der Waals surface area (Å²) in [6.45, 7) is 4.45. The quantitative estimate of drug-likeness (QED) is 0.691. The Bertz CT molecular complexity index is 1140. The SMILES string of the molecule is Cc1ccc(C)c(NC(=O)CCNS(=O)(=O)c2ccc3c(c2)CCN3C(=O)C2CC2)c1. The standard InChI is InChI=1S/C23H27N3O4S/c1-15-3-4-16(2)20(13-15)25-22(27)9-11-24-31(29,30)19-7-8-21-18(14-19)10-12-26(21)23(28)17-5-6-17/h3-4,7-8,13-14,17,24H,5-6,9-12H2,1-2H3,(H,25,27). The van der Waals surface area contributed by atoms with Crippen LogP contribution in [0.15, 0.2) is 41.3 Å². The number of amides is 2. The van der Waals surface area contributed by atoms with Crippen LogP contribution in [0.4, 0.5) is 11.4 Å². The second kappa shape index (κ2) is 8.43. The Morgan fingerprint density at radius 2 is 1.87 bits per heavy atom. The lowest BCUT2D eigenvalue weighted by Crippen LogP contribution is -2.30. The summed E-state index contributed by atoms with van der Waals surface area (Å²) in [5.41, 5.74) is 4.40. The van der Waals surface area contributed by atoms with Gasteiger partial charge in [-0.1, -0.05) is 12.1 Å². The molecular formula is C23H27N3O4S. The number of carbonyl (C=O) groups is 2. The van der Waals surface area contributed by atoms with E-state index >= 15 is 0 Å². The molecule has 1 fully saturated rings. The van der Waals surface area contributed by atoms with E-state index in [0.717, 1.165) is 40.9 Å². The van der Waals surface area contributed by atoms with Crippen LogP contribution in [0.25, 0.3) is 0 Å². The number of nitrogens with one attached hydrogen (secondary N) is 2. The summed E-state index contributed by atoms with van der Waals surface area (Å²) in [7, 11) is -3.74. The predicted octanol–water partition coefficient (Wildman–Crippen LogP) is 2.91. The summed E-state index contributed by atoms with van der Waals surface area (Å²) >= 11 is 0. The fourth-order valence-electron chi connectivity index (χ4n) is 3.79. The number of benzene rings is 2. The van der Waals surface area contributed by atoms with Crippen LogP contribution in [0, 0.1) is 19.8 Å². The summed E-state index contributed by atoms with van der Waals surface area (Å²) in [5.74, 6) is 0.0210. The third-order valence-electron chi connectivity index (χ3n) is 5.76. The Hall–Kier alpha value is -2.71. The third kappa shape index (κ3) is 4.80. The van der Waals surface area contributed by atoms with Crippen LogP contribution < -0.4 is 14.9 Å². The van der Waals surface area contributed by atoms with Crippen molar-refractivity contribution < 1.29 is 18.0 Å². The number of fused-ring (bicyclic) bond motifs is 1. The molecule has 0 atom stereocenters. The largest absolute Gasteiger partial charge is 0.326 e. The van der Waals surface area contributed by atoms with Crippen LogP contribution in [0.2, 0.25) is 0 Å². The highest BCUT2D eigenvalue weighted by Crippen LogP contribution is 2.37. The van der Waals surface area contributed by atoms with E-state index in [-0.39, 0.29) is 35.6 Å². The van der Waals surface area contributed by atoms with Crippen molar-refractivity contribution in [1.29, 1.82) is 0 Å². The van der Waals surface area contributed by atoms with Crippen molar-refractivity contribution in [3.63, 3.8) is 0 Å². The first-order chi connectivity index (χ1) is 14.7. The molecule has 1 aliphatic heterocycles. The Kier molecular flexibility index (Phi) is 5.85. The van der Waals surface area contributed by atoms with Gasteiger partial charge in [-0.3, -0.25) is 9.59 Å². The fourth-order valence-corrected chi connectivity index (χ4v) is 4.87. The van der Waals surface area contributed by atoms with Gasteiger partial charge in [0.25, 0.3) is 0 Å². The summed E-state index contributed by atoms with van der Waals surface area (Å²) in [6, 6.07) is 10.7. The number of aryl methyl sites for hydroxylation is 2. The van der Waals surface area contributed by atoms with Gasteiger partial charge >= 0.3 is 0 Å². The van der Waals surface area contributed by atoms with Crippen molar-refractivity contribution >= 4 is 33.2 Å². The lowest BCUT2D eigenvalue weighted by Gasteiger charge is -2.17. The first-order valence-electron chi connectivity index (χ1n) is 10.6. The number of rotatable bonds is 7. The smallest absolute Gasteiger partial charge is 0.240 e. The van der Waals surface area contributed by atoms with Gasteiger partial charge in [-0.05, 0) is 74.1 Å². The van der Waals surface area contributed by atoms with Gasteiger partial charge in [0.05, 0.1) is 4.90 Å². The molecule has 164 valence electrons. The number of anilines is 2. The van der Waals surface area contributed by atoms with Gasteiger partial charge in [-0.2, -0.15) is 0 Å². The molecule has 2 N–H and O–H groups in total. The van der Waals surface area contributed by atoms with Crippen LogP contribution >= 0.6 is 0 Å². The Labute approximate surface area is 182 Å². The number of hydrogen-bond acceptors (Lipinski definition) is 4. The van der Waals surface area contributed by atoms with Gasteiger partial charge in [0, 0.05) is 36.8 Å². The van der Waals surface area contributed by atoms with E-state index < -0.39 is 10.0 Å². The molecular weight excluding hydrogens is 414 g/mol. The highest BCUT2D eigenvalue weighted by atomic mass is 32.2. The van der Waals surface area contributed by atoms with Gasteiger partial charge in [0.1, 0.15) is 0 Å². The zero-order valence-corrected chi connectivity index (χ0v) is 18.6. The van der Waals surface area contributed by atoms with Crippen LogP contribution in [-0.4, -0.2) is 33.3 Å². The van der Waals surface area contributed by atoms with Crippen molar-refractivity contribution in [2.75, 3.05) is 23.3 Å². The van der Waals surface area contributed by atoms with E-state index in [9.17, 15) is 18.0 Å². The first kappa shape index (κ1) is 21.5. The number of nitrogens with zero attached hydrogens (tertiary/aromatic N) is 1.